The minimum Gasteiger partial charge on any atom is -0.465 e. The lowest BCUT2D eigenvalue weighted by Crippen LogP contribution is -2.03. The molecule has 1 N–H and O–H groups in total. The number of thiophene rings is 2. The predicted octanol–water partition coefficient (Wildman–Crippen LogP) is 4.09. The van der Waals surface area contributed by atoms with Gasteiger partial charge in [0, 0.05) is 0 Å². The van der Waals surface area contributed by atoms with E-state index in [4.69, 9.17) is 16.3 Å². The fraction of sp³-hybridized carbons (Fsp3) is 0.167. The van der Waals surface area contributed by atoms with E-state index in [1.54, 1.807) is 11.4 Å². The third kappa shape index (κ3) is 3.34. The first kappa shape index (κ1) is 14.0. The molecule has 2 heterocycles. The molecule has 2 aromatic heterocycles. The van der Waals surface area contributed by atoms with Gasteiger partial charge in [-0.1, -0.05) is 11.6 Å². The highest BCUT2D eigenvalue weighted by atomic mass is 35.5. The highest BCUT2D eigenvalue weighted by molar-refractivity contribution is 7.18. The van der Waals surface area contributed by atoms with E-state index in [0.29, 0.717) is 10.6 Å². The molecular weight excluding hydrogens is 304 g/mol. The van der Waals surface area contributed by atoms with Gasteiger partial charge in [0.2, 0.25) is 0 Å². The van der Waals surface area contributed by atoms with Crippen molar-refractivity contribution in [1.82, 2.24) is 0 Å². The number of rotatable bonds is 4. The van der Waals surface area contributed by atoms with Crippen molar-refractivity contribution < 1.29 is 9.53 Å². The molecule has 2 aromatic rings. The first-order valence-electron chi connectivity index (χ1n) is 5.33. The largest absolute Gasteiger partial charge is 0.465 e. The third-order valence-corrected chi connectivity index (χ3v) is 4.54. The fourth-order valence-electron chi connectivity index (χ4n) is 1.36. The molecule has 0 aliphatic heterocycles. The minimum atomic E-state index is -0.371. The number of hydrogen-bond acceptors (Lipinski definition) is 6. The molecule has 0 amide bonds. The molecule has 0 aliphatic rings. The molecule has 0 aliphatic carbocycles. The molecule has 0 aromatic carbocycles. The zero-order valence-corrected chi connectivity index (χ0v) is 12.7. The van der Waals surface area contributed by atoms with E-state index < -0.39 is 0 Å². The lowest BCUT2D eigenvalue weighted by Gasteiger charge is -2.02. The molecule has 0 saturated heterocycles. The lowest BCUT2D eigenvalue weighted by molar-refractivity contribution is 0.0607. The number of hydrazone groups is 1. The van der Waals surface area contributed by atoms with Crippen molar-refractivity contribution in [3.05, 3.63) is 37.7 Å². The molecule has 7 heteroatoms. The predicted molar refractivity (Wildman–Crippen MR) is 80.8 cm³/mol. The number of nitrogens with zero attached hydrogens (tertiary/aromatic N) is 1. The molecule has 0 fully saturated rings. The Morgan fingerprint density at radius 1 is 1.42 bits per heavy atom. The van der Waals surface area contributed by atoms with Crippen LogP contribution in [0.25, 0.3) is 0 Å². The monoisotopic (exact) mass is 314 g/mol. The van der Waals surface area contributed by atoms with E-state index in [1.165, 1.54) is 29.8 Å². The maximum Gasteiger partial charge on any atom is 0.350 e. The Morgan fingerprint density at radius 3 is 2.84 bits per heavy atom. The lowest BCUT2D eigenvalue weighted by atomic mass is 10.3. The summed E-state index contributed by atoms with van der Waals surface area (Å²) in [5.41, 5.74) is 4.32. The zero-order valence-electron chi connectivity index (χ0n) is 10.3. The van der Waals surface area contributed by atoms with Gasteiger partial charge in [0.1, 0.15) is 4.88 Å². The van der Waals surface area contributed by atoms with E-state index >= 15 is 0 Å². The van der Waals surface area contributed by atoms with Gasteiger partial charge in [-0.2, -0.15) is 5.10 Å². The van der Waals surface area contributed by atoms with E-state index in [9.17, 15) is 4.79 Å². The van der Waals surface area contributed by atoms with Crippen molar-refractivity contribution in [3.63, 3.8) is 0 Å². The second-order valence-corrected chi connectivity index (χ2v) is 6.20. The summed E-state index contributed by atoms with van der Waals surface area (Å²) in [6.45, 7) is 1.87. The van der Waals surface area contributed by atoms with Gasteiger partial charge in [-0.05, 0) is 30.5 Å². The summed E-state index contributed by atoms with van der Waals surface area (Å²) in [7, 11) is 1.36. The van der Waals surface area contributed by atoms with Crippen LogP contribution in [0, 0.1) is 0 Å². The number of carbonyl (C=O) groups excluding carboxylic acids is 1. The van der Waals surface area contributed by atoms with Crippen LogP contribution in [-0.4, -0.2) is 18.8 Å². The van der Waals surface area contributed by atoms with E-state index in [0.717, 1.165) is 14.9 Å². The van der Waals surface area contributed by atoms with Gasteiger partial charge >= 0.3 is 5.97 Å². The van der Waals surface area contributed by atoms with Gasteiger partial charge < -0.3 is 4.74 Å². The summed E-state index contributed by atoms with van der Waals surface area (Å²) in [5.74, 6) is -0.371. The van der Waals surface area contributed by atoms with Crippen molar-refractivity contribution in [2.75, 3.05) is 12.5 Å². The Bertz CT molecular complexity index is 619. The Labute approximate surface area is 123 Å². The maximum absolute atomic E-state index is 11.5. The van der Waals surface area contributed by atoms with Gasteiger partial charge in [0.05, 0.1) is 27.7 Å². The van der Waals surface area contributed by atoms with Crippen LogP contribution in [-0.2, 0) is 4.74 Å². The van der Waals surface area contributed by atoms with Crippen LogP contribution in [0.5, 0.6) is 0 Å². The molecule has 0 spiro atoms. The standard InChI is InChI=1S/C12H11ClN2O2S2/c1-7(9-3-4-10(13)19-9)14-15-8-5-6-18-11(8)12(16)17-2/h3-6,15H,1-2H3. The highest BCUT2D eigenvalue weighted by Crippen LogP contribution is 2.24. The number of anilines is 1. The van der Waals surface area contributed by atoms with Crippen molar-refractivity contribution in [2.24, 2.45) is 5.10 Å². The van der Waals surface area contributed by atoms with Gasteiger partial charge in [-0.25, -0.2) is 4.79 Å². The number of ether oxygens (including phenoxy) is 1. The molecule has 100 valence electrons. The zero-order chi connectivity index (χ0) is 13.8. The fourth-order valence-corrected chi connectivity index (χ4v) is 3.10. The Hall–Kier alpha value is -1.37. The average Bonchev–Trinajstić information content (AvgIpc) is 3.03. The number of carbonyl (C=O) groups is 1. The van der Waals surface area contributed by atoms with Crippen LogP contribution in [0.2, 0.25) is 4.34 Å². The van der Waals surface area contributed by atoms with E-state index in [-0.39, 0.29) is 5.97 Å². The van der Waals surface area contributed by atoms with Gasteiger partial charge in [0.25, 0.3) is 0 Å². The summed E-state index contributed by atoms with van der Waals surface area (Å²) in [5, 5.41) is 6.05. The minimum absolute atomic E-state index is 0.371. The summed E-state index contributed by atoms with van der Waals surface area (Å²) >= 11 is 8.64. The van der Waals surface area contributed by atoms with Gasteiger partial charge in [-0.3, -0.25) is 5.43 Å². The molecule has 0 saturated carbocycles. The highest BCUT2D eigenvalue weighted by Gasteiger charge is 2.13. The summed E-state index contributed by atoms with van der Waals surface area (Å²) in [4.78, 5) is 13.0. The van der Waals surface area contributed by atoms with Crippen LogP contribution in [0.1, 0.15) is 21.5 Å². The Morgan fingerprint density at radius 2 is 2.21 bits per heavy atom. The summed E-state index contributed by atoms with van der Waals surface area (Å²) in [6, 6.07) is 5.52. The Balaban J connectivity index is 2.14. The van der Waals surface area contributed by atoms with Crippen LogP contribution in [0.15, 0.2) is 28.7 Å². The molecule has 0 unspecified atom stereocenters. The number of nitrogens with one attached hydrogen (secondary N) is 1. The van der Waals surface area contributed by atoms with Crippen LogP contribution >= 0.6 is 34.3 Å². The van der Waals surface area contributed by atoms with Crippen molar-refractivity contribution in [2.45, 2.75) is 6.92 Å². The molecule has 0 radical (unpaired) electrons. The van der Waals surface area contributed by atoms with Gasteiger partial charge in [0.15, 0.2) is 0 Å². The normalized spacial score (nSPS) is 11.4. The van der Waals surface area contributed by atoms with Crippen LogP contribution < -0.4 is 5.43 Å². The van der Waals surface area contributed by atoms with Crippen molar-refractivity contribution in [1.29, 1.82) is 0 Å². The molecular formula is C12H11ClN2O2S2. The smallest absolute Gasteiger partial charge is 0.350 e. The summed E-state index contributed by atoms with van der Waals surface area (Å²) in [6.07, 6.45) is 0. The number of esters is 1. The summed E-state index contributed by atoms with van der Waals surface area (Å²) < 4.78 is 5.42. The number of halogens is 1. The van der Waals surface area contributed by atoms with Crippen molar-refractivity contribution in [3.8, 4) is 0 Å². The quantitative estimate of drug-likeness (QED) is 0.525. The maximum atomic E-state index is 11.5. The molecule has 19 heavy (non-hydrogen) atoms. The Kier molecular flexibility index (Phi) is 4.57. The van der Waals surface area contributed by atoms with Crippen molar-refractivity contribution >= 4 is 51.6 Å². The molecule has 0 atom stereocenters. The molecule has 4 nitrogen and oxygen atoms in total. The first-order valence-corrected chi connectivity index (χ1v) is 7.41. The first-order chi connectivity index (χ1) is 9.11. The number of hydrogen-bond donors (Lipinski definition) is 1. The van der Waals surface area contributed by atoms with E-state index in [1.807, 2.05) is 19.1 Å². The van der Waals surface area contributed by atoms with Gasteiger partial charge in [-0.15, -0.1) is 22.7 Å². The molecule has 2 rings (SSSR count). The SMILES string of the molecule is COC(=O)c1sccc1NN=C(C)c1ccc(Cl)s1. The third-order valence-electron chi connectivity index (χ3n) is 2.31. The second-order valence-electron chi connectivity index (χ2n) is 3.57. The van der Waals surface area contributed by atoms with Crippen LogP contribution in [0.3, 0.4) is 0 Å². The average molecular weight is 315 g/mol. The molecule has 0 bridgehead atoms. The second kappa shape index (κ2) is 6.18. The number of methoxy groups -OCH3 is 1. The topological polar surface area (TPSA) is 50.7 Å². The van der Waals surface area contributed by atoms with Crippen LogP contribution in [0.4, 0.5) is 5.69 Å². The van der Waals surface area contributed by atoms with E-state index in [2.05, 4.69) is 10.5 Å².